The van der Waals surface area contributed by atoms with Crippen LogP contribution in [0.15, 0.2) is 45.6 Å². The Kier molecular flexibility index (Phi) is 3.61. The molecule has 0 fully saturated rings. The summed E-state index contributed by atoms with van der Waals surface area (Å²) in [6.45, 7) is 0. The molecule has 0 spiro atoms. The van der Waals surface area contributed by atoms with Crippen molar-refractivity contribution in [1.29, 1.82) is 0 Å². The van der Waals surface area contributed by atoms with Crippen LogP contribution in [0, 0.1) is 0 Å². The Morgan fingerprint density at radius 3 is 2.29 bits per heavy atom. The van der Waals surface area contributed by atoms with E-state index in [1.807, 2.05) is 0 Å². The third-order valence-corrected chi connectivity index (χ3v) is 3.56. The highest BCUT2D eigenvalue weighted by Crippen LogP contribution is 2.32. The first kappa shape index (κ1) is 15.4. The van der Waals surface area contributed by atoms with Crippen molar-refractivity contribution in [2.75, 3.05) is 7.11 Å². The van der Waals surface area contributed by atoms with Crippen LogP contribution in [-0.4, -0.2) is 28.4 Å². The lowest BCUT2D eigenvalue weighted by Gasteiger charge is -2.09. The van der Waals surface area contributed by atoms with Gasteiger partial charge in [0, 0.05) is 6.07 Å². The van der Waals surface area contributed by atoms with Crippen LogP contribution in [0.25, 0.3) is 22.1 Å². The van der Waals surface area contributed by atoms with E-state index < -0.39 is 28.7 Å². The van der Waals surface area contributed by atoms with Crippen LogP contribution in [-0.2, 0) is 0 Å². The summed E-state index contributed by atoms with van der Waals surface area (Å²) >= 11 is 0. The van der Waals surface area contributed by atoms with Crippen LogP contribution in [0.4, 0.5) is 0 Å². The maximum Gasteiger partial charge on any atom is 0.372 e. The van der Waals surface area contributed by atoms with Gasteiger partial charge in [0.2, 0.25) is 11.2 Å². The van der Waals surface area contributed by atoms with E-state index in [-0.39, 0.29) is 16.5 Å². The maximum atomic E-state index is 12.7. The number of aromatic carboxylic acids is 1. The van der Waals surface area contributed by atoms with Crippen molar-refractivity contribution in [2.24, 2.45) is 0 Å². The zero-order valence-electron chi connectivity index (χ0n) is 12.4. The molecule has 0 bridgehead atoms. The fourth-order valence-corrected chi connectivity index (χ4v) is 2.39. The first-order valence-corrected chi connectivity index (χ1v) is 6.83. The lowest BCUT2D eigenvalue weighted by atomic mass is 10.0. The van der Waals surface area contributed by atoms with Gasteiger partial charge < -0.3 is 24.5 Å². The summed E-state index contributed by atoms with van der Waals surface area (Å²) < 4.78 is 10.3. The van der Waals surface area contributed by atoms with Crippen molar-refractivity contribution in [1.82, 2.24) is 0 Å². The topological polar surface area (TPSA) is 117 Å². The molecule has 24 heavy (non-hydrogen) atoms. The fourth-order valence-electron chi connectivity index (χ4n) is 2.39. The molecule has 0 aliphatic heterocycles. The van der Waals surface area contributed by atoms with Crippen molar-refractivity contribution in [3.63, 3.8) is 0 Å². The molecular weight excluding hydrogens is 316 g/mol. The van der Waals surface area contributed by atoms with Gasteiger partial charge in [-0.3, -0.25) is 4.79 Å². The molecule has 1 heterocycles. The van der Waals surface area contributed by atoms with Crippen LogP contribution in [0.1, 0.15) is 10.6 Å². The Labute approximate surface area is 135 Å². The number of phenols is 2. The predicted molar refractivity (Wildman–Crippen MR) is 84.8 cm³/mol. The second kappa shape index (κ2) is 5.62. The Morgan fingerprint density at radius 2 is 1.71 bits per heavy atom. The summed E-state index contributed by atoms with van der Waals surface area (Å²) in [5.41, 5.74) is -0.585. The molecule has 0 radical (unpaired) electrons. The first-order valence-electron chi connectivity index (χ1n) is 6.83. The van der Waals surface area contributed by atoms with Crippen LogP contribution in [0.3, 0.4) is 0 Å². The lowest BCUT2D eigenvalue weighted by Crippen LogP contribution is -2.12. The molecule has 7 nitrogen and oxygen atoms in total. The molecule has 0 aliphatic rings. The number of carboxylic acids is 1. The molecule has 3 aromatic rings. The number of benzene rings is 2. The van der Waals surface area contributed by atoms with E-state index in [0.717, 1.165) is 12.1 Å². The number of fused-ring (bicyclic) bond motifs is 1. The largest absolute Gasteiger partial charge is 0.504 e. The Hall–Kier alpha value is -3.48. The molecule has 2 aromatic carbocycles. The SMILES string of the molecule is COc1ccc(-c2c(C(=O)O)oc3cc(O)c(O)cc3c2=O)cc1. The van der Waals surface area contributed by atoms with E-state index in [1.165, 1.54) is 19.2 Å². The van der Waals surface area contributed by atoms with Gasteiger partial charge in [0.25, 0.3) is 0 Å². The number of aromatic hydroxyl groups is 2. The zero-order chi connectivity index (χ0) is 17.4. The number of methoxy groups -OCH3 is 1. The number of ether oxygens (including phenoxy) is 1. The second-order valence-corrected chi connectivity index (χ2v) is 5.01. The predicted octanol–water partition coefficient (Wildman–Crippen LogP) is 2.58. The van der Waals surface area contributed by atoms with Crippen LogP contribution in [0.2, 0.25) is 0 Å². The molecule has 0 saturated carbocycles. The van der Waals surface area contributed by atoms with E-state index in [9.17, 15) is 24.9 Å². The lowest BCUT2D eigenvalue weighted by molar-refractivity contribution is 0.0664. The monoisotopic (exact) mass is 328 g/mol. The van der Waals surface area contributed by atoms with Crippen molar-refractivity contribution < 1.29 is 29.3 Å². The highest BCUT2D eigenvalue weighted by Gasteiger charge is 2.22. The fraction of sp³-hybridized carbons (Fsp3) is 0.0588. The minimum Gasteiger partial charge on any atom is -0.504 e. The molecule has 3 rings (SSSR count). The number of hydrogen-bond donors (Lipinski definition) is 3. The van der Waals surface area contributed by atoms with Gasteiger partial charge in [-0.1, -0.05) is 12.1 Å². The number of hydrogen-bond acceptors (Lipinski definition) is 6. The zero-order valence-corrected chi connectivity index (χ0v) is 12.4. The molecule has 0 unspecified atom stereocenters. The van der Waals surface area contributed by atoms with Crippen molar-refractivity contribution in [3.8, 4) is 28.4 Å². The third kappa shape index (κ3) is 2.41. The standard InChI is InChI=1S/C17H12O7/c1-23-9-4-2-8(3-5-9)14-15(20)10-6-11(18)12(19)7-13(10)24-16(14)17(21)22/h2-7,18-19H,1H3,(H,21,22). The van der Waals surface area contributed by atoms with Gasteiger partial charge in [-0.25, -0.2) is 4.79 Å². The minimum absolute atomic E-state index is 0.0406. The smallest absolute Gasteiger partial charge is 0.372 e. The second-order valence-electron chi connectivity index (χ2n) is 5.01. The summed E-state index contributed by atoms with van der Waals surface area (Å²) in [5, 5.41) is 28.4. The molecule has 0 saturated heterocycles. The van der Waals surface area contributed by atoms with Crippen molar-refractivity contribution in [3.05, 3.63) is 52.4 Å². The van der Waals surface area contributed by atoms with Gasteiger partial charge in [-0.05, 0) is 23.8 Å². The maximum absolute atomic E-state index is 12.7. The number of carbonyl (C=O) groups is 1. The Morgan fingerprint density at radius 1 is 1.08 bits per heavy atom. The van der Waals surface area contributed by atoms with Crippen molar-refractivity contribution in [2.45, 2.75) is 0 Å². The van der Waals surface area contributed by atoms with Gasteiger partial charge >= 0.3 is 5.97 Å². The summed E-state index contributed by atoms with van der Waals surface area (Å²) in [6.07, 6.45) is 0. The van der Waals surface area contributed by atoms with Gasteiger partial charge in [0.1, 0.15) is 11.3 Å². The average molecular weight is 328 g/mol. The molecule has 3 N–H and O–H groups in total. The molecule has 122 valence electrons. The average Bonchev–Trinajstić information content (AvgIpc) is 2.56. The van der Waals surface area contributed by atoms with E-state index in [0.29, 0.717) is 11.3 Å². The molecule has 0 atom stereocenters. The van der Waals surface area contributed by atoms with Crippen LogP contribution < -0.4 is 10.2 Å². The van der Waals surface area contributed by atoms with Crippen LogP contribution >= 0.6 is 0 Å². The summed E-state index contributed by atoms with van der Waals surface area (Å²) in [5.74, 6) is -2.45. The first-order chi connectivity index (χ1) is 11.4. The molecule has 0 aliphatic carbocycles. The van der Waals surface area contributed by atoms with Crippen LogP contribution in [0.5, 0.6) is 17.2 Å². The number of phenolic OH excluding ortho intramolecular Hbond substituents is 2. The van der Waals surface area contributed by atoms with Gasteiger partial charge in [0.05, 0.1) is 18.1 Å². The third-order valence-electron chi connectivity index (χ3n) is 3.56. The van der Waals surface area contributed by atoms with E-state index >= 15 is 0 Å². The minimum atomic E-state index is -1.42. The summed E-state index contributed by atoms with van der Waals surface area (Å²) in [7, 11) is 1.48. The van der Waals surface area contributed by atoms with Gasteiger partial charge in [-0.2, -0.15) is 0 Å². The molecule has 1 aromatic heterocycles. The van der Waals surface area contributed by atoms with Crippen molar-refractivity contribution >= 4 is 16.9 Å². The van der Waals surface area contributed by atoms with Gasteiger partial charge in [0.15, 0.2) is 11.5 Å². The summed E-state index contributed by atoms with van der Waals surface area (Å²) in [4.78, 5) is 24.2. The van der Waals surface area contributed by atoms with E-state index in [2.05, 4.69) is 0 Å². The normalized spacial score (nSPS) is 10.7. The van der Waals surface area contributed by atoms with E-state index in [1.54, 1.807) is 12.1 Å². The molecular formula is C17H12O7. The number of rotatable bonds is 3. The van der Waals surface area contributed by atoms with Gasteiger partial charge in [-0.15, -0.1) is 0 Å². The summed E-state index contributed by atoms with van der Waals surface area (Å²) in [6, 6.07) is 8.26. The quantitative estimate of drug-likeness (QED) is 0.632. The highest BCUT2D eigenvalue weighted by molar-refractivity contribution is 5.97. The highest BCUT2D eigenvalue weighted by atomic mass is 16.5. The Bertz CT molecular complexity index is 1000. The molecule has 7 heteroatoms. The molecule has 0 amide bonds. The van der Waals surface area contributed by atoms with E-state index in [4.69, 9.17) is 9.15 Å². The number of carboxylic acid groups (broad SMARTS) is 1. The Balaban J connectivity index is 2.38.